The first-order valence-corrected chi connectivity index (χ1v) is 6.00. The molecule has 0 aromatic carbocycles. The summed E-state index contributed by atoms with van der Waals surface area (Å²) in [4.78, 5) is 0. The van der Waals surface area contributed by atoms with Gasteiger partial charge in [-0.15, -0.1) is 0 Å². The molecule has 1 aromatic rings. The summed E-state index contributed by atoms with van der Waals surface area (Å²) in [7, 11) is 0. The highest BCUT2D eigenvalue weighted by atomic mass is 15.3. The highest BCUT2D eigenvalue weighted by Crippen LogP contribution is 2.17. The maximum Gasteiger partial charge on any atom is 0.0537 e. The van der Waals surface area contributed by atoms with E-state index in [0.717, 1.165) is 19.4 Å². The second-order valence-corrected chi connectivity index (χ2v) is 4.00. The zero-order chi connectivity index (χ0) is 11.3. The molecule has 0 saturated carbocycles. The molecule has 86 valence electrons. The maximum absolute atomic E-state index is 4.44. The van der Waals surface area contributed by atoms with Gasteiger partial charge in [-0.3, -0.25) is 4.68 Å². The molecule has 0 aliphatic heterocycles. The molecule has 3 heteroatoms. The van der Waals surface area contributed by atoms with Gasteiger partial charge in [-0.05, 0) is 26.3 Å². The molecular formula is C12H23N3. The van der Waals surface area contributed by atoms with Crippen LogP contribution in [-0.4, -0.2) is 16.3 Å². The van der Waals surface area contributed by atoms with E-state index in [1.165, 1.54) is 5.56 Å². The van der Waals surface area contributed by atoms with Gasteiger partial charge in [0.1, 0.15) is 0 Å². The highest BCUT2D eigenvalue weighted by Gasteiger charge is 2.10. The van der Waals surface area contributed by atoms with Crippen molar-refractivity contribution in [1.29, 1.82) is 0 Å². The lowest BCUT2D eigenvalue weighted by molar-refractivity contribution is 0.427. The Morgan fingerprint density at radius 2 is 2.00 bits per heavy atom. The van der Waals surface area contributed by atoms with Crippen molar-refractivity contribution in [2.45, 2.75) is 52.6 Å². The molecule has 0 radical (unpaired) electrons. The summed E-state index contributed by atoms with van der Waals surface area (Å²) in [5, 5.41) is 7.83. The Morgan fingerprint density at radius 1 is 1.33 bits per heavy atom. The zero-order valence-electron chi connectivity index (χ0n) is 10.3. The first kappa shape index (κ1) is 12.2. The standard InChI is InChI=1S/C12H23N3/c1-5-12(6-2)15-9-11(8-14-15)10(4)13-7-3/h8-10,12-13H,5-7H2,1-4H3. The summed E-state index contributed by atoms with van der Waals surface area (Å²) in [6, 6.07) is 0.950. The molecule has 1 aromatic heterocycles. The van der Waals surface area contributed by atoms with Crippen LogP contribution >= 0.6 is 0 Å². The van der Waals surface area contributed by atoms with E-state index in [1.54, 1.807) is 0 Å². The third-order valence-corrected chi connectivity index (χ3v) is 2.95. The minimum absolute atomic E-state index is 0.401. The van der Waals surface area contributed by atoms with Crippen molar-refractivity contribution >= 4 is 0 Å². The molecule has 0 aliphatic carbocycles. The van der Waals surface area contributed by atoms with Crippen LogP contribution in [0.1, 0.15) is 58.2 Å². The number of aromatic nitrogens is 2. The fraction of sp³-hybridized carbons (Fsp3) is 0.750. The molecule has 15 heavy (non-hydrogen) atoms. The van der Waals surface area contributed by atoms with Crippen LogP contribution in [0.4, 0.5) is 0 Å². The summed E-state index contributed by atoms with van der Waals surface area (Å²) >= 11 is 0. The van der Waals surface area contributed by atoms with Gasteiger partial charge in [-0.25, -0.2) is 0 Å². The van der Waals surface area contributed by atoms with Gasteiger partial charge in [0, 0.05) is 17.8 Å². The average Bonchev–Trinajstić information content (AvgIpc) is 2.69. The first-order chi connectivity index (χ1) is 7.22. The van der Waals surface area contributed by atoms with Gasteiger partial charge < -0.3 is 5.32 Å². The van der Waals surface area contributed by atoms with Gasteiger partial charge in [-0.2, -0.15) is 5.10 Å². The van der Waals surface area contributed by atoms with Crippen molar-refractivity contribution < 1.29 is 0 Å². The molecule has 1 heterocycles. The molecule has 1 atom stereocenters. The molecule has 0 spiro atoms. The second kappa shape index (κ2) is 5.91. The fourth-order valence-electron chi connectivity index (χ4n) is 1.86. The molecular weight excluding hydrogens is 186 g/mol. The molecule has 0 amide bonds. The van der Waals surface area contributed by atoms with Crippen molar-refractivity contribution in [3.05, 3.63) is 18.0 Å². The molecule has 1 unspecified atom stereocenters. The van der Waals surface area contributed by atoms with Gasteiger partial charge in [-0.1, -0.05) is 20.8 Å². The molecule has 0 fully saturated rings. The number of hydrogen-bond acceptors (Lipinski definition) is 2. The predicted octanol–water partition coefficient (Wildman–Crippen LogP) is 2.91. The van der Waals surface area contributed by atoms with Crippen molar-refractivity contribution in [2.75, 3.05) is 6.54 Å². The number of rotatable bonds is 6. The summed E-state index contributed by atoms with van der Waals surface area (Å²) in [6.07, 6.45) is 6.44. The van der Waals surface area contributed by atoms with E-state index >= 15 is 0 Å². The Kier molecular flexibility index (Phi) is 4.82. The first-order valence-electron chi connectivity index (χ1n) is 6.00. The van der Waals surface area contributed by atoms with Crippen LogP contribution in [0.2, 0.25) is 0 Å². The van der Waals surface area contributed by atoms with Crippen molar-refractivity contribution in [3.63, 3.8) is 0 Å². The topological polar surface area (TPSA) is 29.9 Å². The van der Waals surface area contributed by atoms with E-state index in [-0.39, 0.29) is 0 Å². The van der Waals surface area contributed by atoms with Crippen LogP contribution in [0.25, 0.3) is 0 Å². The van der Waals surface area contributed by atoms with Crippen LogP contribution in [0.15, 0.2) is 12.4 Å². The number of nitrogens with zero attached hydrogens (tertiary/aromatic N) is 2. The van der Waals surface area contributed by atoms with Crippen molar-refractivity contribution in [3.8, 4) is 0 Å². The Morgan fingerprint density at radius 3 is 2.53 bits per heavy atom. The Labute approximate surface area is 92.9 Å². The van der Waals surface area contributed by atoms with E-state index in [4.69, 9.17) is 0 Å². The molecule has 1 N–H and O–H groups in total. The van der Waals surface area contributed by atoms with E-state index in [9.17, 15) is 0 Å². The zero-order valence-corrected chi connectivity index (χ0v) is 10.3. The second-order valence-electron chi connectivity index (χ2n) is 4.00. The SMILES string of the molecule is CCNC(C)c1cnn(C(CC)CC)c1. The van der Waals surface area contributed by atoms with Crippen molar-refractivity contribution in [2.24, 2.45) is 0 Å². The Bertz CT molecular complexity index is 276. The lowest BCUT2D eigenvalue weighted by Crippen LogP contribution is -2.17. The van der Waals surface area contributed by atoms with E-state index in [1.807, 2.05) is 6.20 Å². The van der Waals surface area contributed by atoms with E-state index in [2.05, 4.69) is 49.0 Å². The van der Waals surface area contributed by atoms with Crippen LogP contribution < -0.4 is 5.32 Å². The number of nitrogens with one attached hydrogen (secondary N) is 1. The van der Waals surface area contributed by atoms with Crippen LogP contribution in [0, 0.1) is 0 Å². The fourth-order valence-corrected chi connectivity index (χ4v) is 1.86. The molecule has 0 bridgehead atoms. The molecule has 0 aliphatic rings. The average molecular weight is 209 g/mol. The quantitative estimate of drug-likeness (QED) is 0.780. The predicted molar refractivity (Wildman–Crippen MR) is 63.9 cm³/mol. The highest BCUT2D eigenvalue weighted by molar-refractivity contribution is 5.09. The molecule has 0 saturated heterocycles. The lowest BCUT2D eigenvalue weighted by Gasteiger charge is -2.13. The van der Waals surface area contributed by atoms with Gasteiger partial charge in [0.25, 0.3) is 0 Å². The van der Waals surface area contributed by atoms with Gasteiger partial charge in [0.2, 0.25) is 0 Å². The minimum Gasteiger partial charge on any atom is -0.310 e. The van der Waals surface area contributed by atoms with Crippen LogP contribution in [0.5, 0.6) is 0 Å². The monoisotopic (exact) mass is 209 g/mol. The lowest BCUT2D eigenvalue weighted by atomic mass is 10.1. The van der Waals surface area contributed by atoms with Gasteiger partial charge in [0.05, 0.1) is 12.2 Å². The third kappa shape index (κ3) is 3.06. The largest absolute Gasteiger partial charge is 0.310 e. The Hall–Kier alpha value is -0.830. The normalized spacial score (nSPS) is 13.4. The molecule has 1 rings (SSSR count). The number of hydrogen-bond donors (Lipinski definition) is 1. The third-order valence-electron chi connectivity index (χ3n) is 2.95. The van der Waals surface area contributed by atoms with E-state index < -0.39 is 0 Å². The summed E-state index contributed by atoms with van der Waals surface area (Å²) in [6.45, 7) is 9.73. The summed E-state index contributed by atoms with van der Waals surface area (Å²) in [5.74, 6) is 0. The smallest absolute Gasteiger partial charge is 0.0537 e. The maximum atomic E-state index is 4.44. The molecule has 3 nitrogen and oxygen atoms in total. The Balaban J connectivity index is 2.70. The summed E-state index contributed by atoms with van der Waals surface area (Å²) < 4.78 is 2.10. The van der Waals surface area contributed by atoms with Crippen molar-refractivity contribution in [1.82, 2.24) is 15.1 Å². The van der Waals surface area contributed by atoms with Crippen LogP contribution in [-0.2, 0) is 0 Å². The van der Waals surface area contributed by atoms with Crippen LogP contribution in [0.3, 0.4) is 0 Å². The van der Waals surface area contributed by atoms with Gasteiger partial charge in [0.15, 0.2) is 0 Å². The van der Waals surface area contributed by atoms with E-state index in [0.29, 0.717) is 12.1 Å². The minimum atomic E-state index is 0.401. The summed E-state index contributed by atoms with van der Waals surface area (Å²) in [5.41, 5.74) is 1.28. The van der Waals surface area contributed by atoms with Gasteiger partial charge >= 0.3 is 0 Å².